The molecule has 1 N–H and O–H groups in total. The van der Waals surface area contributed by atoms with E-state index in [9.17, 15) is 13.2 Å². The molecular weight excluding hydrogens is 400 g/mol. The second kappa shape index (κ2) is 8.78. The summed E-state index contributed by atoms with van der Waals surface area (Å²) in [4.78, 5) is 12.8. The fourth-order valence-corrected chi connectivity index (χ4v) is 4.94. The largest absolute Gasteiger partial charge is 0.487 e. The summed E-state index contributed by atoms with van der Waals surface area (Å²) < 4.78 is 32.5. The highest BCUT2D eigenvalue weighted by Gasteiger charge is 2.34. The van der Waals surface area contributed by atoms with E-state index >= 15 is 0 Å². The Hall–Kier alpha value is -2.38. The number of nitrogens with zero attached hydrogens (tertiary/aromatic N) is 1. The molecule has 0 bridgehead atoms. The van der Waals surface area contributed by atoms with Gasteiger partial charge in [-0.15, -0.1) is 0 Å². The molecule has 1 aliphatic rings. The molecule has 0 saturated heterocycles. The molecule has 0 unspecified atom stereocenters. The van der Waals surface area contributed by atoms with Crippen molar-refractivity contribution in [3.05, 3.63) is 59.7 Å². The van der Waals surface area contributed by atoms with Crippen LogP contribution in [0, 0.1) is 6.92 Å². The Balaban J connectivity index is 1.58. The average molecular weight is 431 g/mol. The maximum absolute atomic E-state index is 12.6. The molecule has 7 heteroatoms. The molecule has 3 rings (SSSR count). The average Bonchev–Trinajstić information content (AvgIpc) is 2.67. The van der Waals surface area contributed by atoms with Crippen LogP contribution in [-0.2, 0) is 14.8 Å². The standard InChI is InChI=1S/C23H30N2O4S/c1-17-12-13-19-20(16-23(2,3)29-21(19)15-17)24-22(26)11-8-14-25(4)30(27,28)18-9-6-5-7-10-18/h5-7,9-10,12-13,15,20H,8,11,14,16H2,1-4H3,(H,24,26)/t20-/m0/s1. The van der Waals surface area contributed by atoms with Gasteiger partial charge < -0.3 is 10.1 Å². The zero-order chi connectivity index (χ0) is 21.9. The molecule has 1 amide bonds. The van der Waals surface area contributed by atoms with Gasteiger partial charge in [0.2, 0.25) is 15.9 Å². The first kappa shape index (κ1) is 22.3. The summed E-state index contributed by atoms with van der Waals surface area (Å²) >= 11 is 0. The Kier molecular flexibility index (Phi) is 6.53. The SMILES string of the molecule is Cc1ccc2c(c1)OC(C)(C)C[C@@H]2NC(=O)CCCN(C)S(=O)(=O)c1ccccc1. The third-order valence-electron chi connectivity index (χ3n) is 5.29. The lowest BCUT2D eigenvalue weighted by Crippen LogP contribution is -2.41. The summed E-state index contributed by atoms with van der Waals surface area (Å²) in [5.74, 6) is 0.722. The van der Waals surface area contributed by atoms with E-state index < -0.39 is 10.0 Å². The smallest absolute Gasteiger partial charge is 0.242 e. The van der Waals surface area contributed by atoms with Gasteiger partial charge in [-0.3, -0.25) is 4.79 Å². The van der Waals surface area contributed by atoms with Crippen molar-refractivity contribution in [3.63, 3.8) is 0 Å². The molecule has 0 aliphatic carbocycles. The molecule has 30 heavy (non-hydrogen) atoms. The number of carbonyl (C=O) groups is 1. The molecule has 0 aromatic heterocycles. The second-order valence-electron chi connectivity index (χ2n) is 8.47. The van der Waals surface area contributed by atoms with Gasteiger partial charge in [0.25, 0.3) is 0 Å². The normalized spacial score (nSPS) is 17.8. The Morgan fingerprint density at radius 2 is 1.90 bits per heavy atom. The third kappa shape index (κ3) is 5.21. The number of fused-ring (bicyclic) bond motifs is 1. The van der Waals surface area contributed by atoms with Crippen molar-refractivity contribution in [1.82, 2.24) is 9.62 Å². The van der Waals surface area contributed by atoms with E-state index in [1.54, 1.807) is 37.4 Å². The highest BCUT2D eigenvalue weighted by molar-refractivity contribution is 7.89. The topological polar surface area (TPSA) is 75.7 Å². The molecule has 1 heterocycles. The van der Waals surface area contributed by atoms with E-state index in [0.29, 0.717) is 12.8 Å². The number of hydrogen-bond donors (Lipinski definition) is 1. The first-order chi connectivity index (χ1) is 14.1. The van der Waals surface area contributed by atoms with Crippen LogP contribution in [0.5, 0.6) is 5.75 Å². The van der Waals surface area contributed by atoms with Crippen LogP contribution in [0.15, 0.2) is 53.4 Å². The van der Waals surface area contributed by atoms with Crippen LogP contribution < -0.4 is 10.1 Å². The monoisotopic (exact) mass is 430 g/mol. The van der Waals surface area contributed by atoms with Crippen LogP contribution in [0.2, 0.25) is 0 Å². The van der Waals surface area contributed by atoms with E-state index in [1.165, 1.54) is 4.31 Å². The number of amides is 1. The molecule has 1 aliphatic heterocycles. The van der Waals surface area contributed by atoms with Gasteiger partial charge in [-0.2, -0.15) is 0 Å². The summed E-state index contributed by atoms with van der Waals surface area (Å²) in [5.41, 5.74) is 1.72. The van der Waals surface area contributed by atoms with Crippen molar-refractivity contribution in [1.29, 1.82) is 0 Å². The lowest BCUT2D eigenvalue weighted by atomic mass is 9.89. The van der Waals surface area contributed by atoms with Gasteiger partial charge in [0.05, 0.1) is 10.9 Å². The van der Waals surface area contributed by atoms with E-state index in [2.05, 4.69) is 5.32 Å². The third-order valence-corrected chi connectivity index (χ3v) is 7.16. The van der Waals surface area contributed by atoms with Gasteiger partial charge in [-0.1, -0.05) is 30.3 Å². The number of sulfonamides is 1. The van der Waals surface area contributed by atoms with Crippen LogP contribution >= 0.6 is 0 Å². The van der Waals surface area contributed by atoms with E-state index in [4.69, 9.17) is 4.74 Å². The van der Waals surface area contributed by atoms with Gasteiger partial charge in [-0.25, -0.2) is 12.7 Å². The molecule has 6 nitrogen and oxygen atoms in total. The summed E-state index contributed by atoms with van der Waals surface area (Å²) in [5, 5.41) is 3.11. The molecule has 2 aromatic rings. The lowest BCUT2D eigenvalue weighted by molar-refractivity contribution is -0.122. The van der Waals surface area contributed by atoms with Crippen molar-refractivity contribution in [2.24, 2.45) is 0 Å². The molecule has 0 fully saturated rings. The van der Waals surface area contributed by atoms with Crippen LogP contribution in [0.25, 0.3) is 0 Å². The highest BCUT2D eigenvalue weighted by atomic mass is 32.2. The van der Waals surface area contributed by atoms with Gasteiger partial charge in [0.1, 0.15) is 11.4 Å². The molecule has 1 atom stereocenters. The number of hydrogen-bond acceptors (Lipinski definition) is 4. The number of aryl methyl sites for hydroxylation is 1. The molecule has 0 saturated carbocycles. The summed E-state index contributed by atoms with van der Waals surface area (Å²) in [6, 6.07) is 14.2. The highest BCUT2D eigenvalue weighted by Crippen LogP contribution is 2.39. The Labute approximate surface area is 179 Å². The fraction of sp³-hybridized carbons (Fsp3) is 0.435. The summed E-state index contributed by atoms with van der Waals surface area (Å²) in [6.07, 6.45) is 1.38. The van der Waals surface area contributed by atoms with Crippen LogP contribution in [-0.4, -0.2) is 37.8 Å². The second-order valence-corrected chi connectivity index (χ2v) is 10.5. The number of ether oxygens (including phenoxy) is 1. The molecule has 162 valence electrons. The minimum atomic E-state index is -3.54. The summed E-state index contributed by atoms with van der Waals surface area (Å²) in [7, 11) is -2.00. The first-order valence-electron chi connectivity index (χ1n) is 10.2. The number of carbonyl (C=O) groups excluding carboxylic acids is 1. The van der Waals surface area contributed by atoms with Crippen molar-refractivity contribution in [3.8, 4) is 5.75 Å². The predicted octanol–water partition coefficient (Wildman–Crippen LogP) is 3.81. The van der Waals surface area contributed by atoms with Gasteiger partial charge >= 0.3 is 0 Å². The van der Waals surface area contributed by atoms with Gasteiger partial charge in [0.15, 0.2) is 0 Å². The maximum Gasteiger partial charge on any atom is 0.242 e. The molecule has 2 aromatic carbocycles. The van der Waals surface area contributed by atoms with Crippen molar-refractivity contribution in [2.75, 3.05) is 13.6 Å². The maximum atomic E-state index is 12.6. The Bertz CT molecular complexity index is 1000. The quantitative estimate of drug-likeness (QED) is 0.725. The van der Waals surface area contributed by atoms with E-state index in [0.717, 1.165) is 16.9 Å². The number of benzene rings is 2. The molecule has 0 radical (unpaired) electrons. The molecule has 0 spiro atoms. The van der Waals surface area contributed by atoms with Crippen LogP contribution in [0.1, 0.15) is 50.3 Å². The van der Waals surface area contributed by atoms with Gasteiger partial charge in [0, 0.05) is 32.0 Å². The Morgan fingerprint density at radius 3 is 2.60 bits per heavy atom. The lowest BCUT2D eigenvalue weighted by Gasteiger charge is -2.38. The zero-order valence-corrected chi connectivity index (χ0v) is 18.8. The van der Waals surface area contributed by atoms with Gasteiger partial charge in [-0.05, 0) is 51.0 Å². The zero-order valence-electron chi connectivity index (χ0n) is 18.0. The fourth-order valence-electron chi connectivity index (χ4n) is 3.71. The van der Waals surface area contributed by atoms with Crippen molar-refractivity contribution >= 4 is 15.9 Å². The van der Waals surface area contributed by atoms with Crippen LogP contribution in [0.4, 0.5) is 0 Å². The first-order valence-corrected chi connectivity index (χ1v) is 11.6. The van der Waals surface area contributed by atoms with Crippen molar-refractivity contribution < 1.29 is 17.9 Å². The van der Waals surface area contributed by atoms with Crippen LogP contribution in [0.3, 0.4) is 0 Å². The minimum Gasteiger partial charge on any atom is -0.487 e. The Morgan fingerprint density at radius 1 is 1.20 bits per heavy atom. The number of rotatable bonds is 7. The van der Waals surface area contributed by atoms with E-state index in [1.807, 2.05) is 39.0 Å². The molecular formula is C23H30N2O4S. The van der Waals surface area contributed by atoms with E-state index in [-0.39, 0.29) is 35.4 Å². The number of nitrogens with one attached hydrogen (secondary N) is 1. The minimum absolute atomic E-state index is 0.0882. The predicted molar refractivity (Wildman–Crippen MR) is 117 cm³/mol. The van der Waals surface area contributed by atoms with Crippen molar-refractivity contribution in [2.45, 2.75) is 56.6 Å². The summed E-state index contributed by atoms with van der Waals surface area (Å²) in [6.45, 7) is 6.32.